The number of guanidine groups is 1. The van der Waals surface area contributed by atoms with Gasteiger partial charge in [0.1, 0.15) is 23.4 Å². The zero-order chi connectivity index (χ0) is 18.8. The van der Waals surface area contributed by atoms with E-state index >= 15 is 0 Å². The van der Waals surface area contributed by atoms with E-state index in [1.807, 2.05) is 55.5 Å². The highest BCUT2D eigenvalue weighted by atomic mass is 16.5. The van der Waals surface area contributed by atoms with E-state index in [2.05, 4.69) is 15.6 Å². The predicted molar refractivity (Wildman–Crippen MR) is 104 cm³/mol. The second-order valence-corrected chi connectivity index (χ2v) is 5.76. The number of benzene rings is 2. The Kier molecular flexibility index (Phi) is 7.61. The Morgan fingerprint density at radius 2 is 1.65 bits per heavy atom. The van der Waals surface area contributed by atoms with E-state index in [4.69, 9.17) is 14.2 Å². The first-order valence-corrected chi connectivity index (χ1v) is 8.52. The number of nitrogens with zero attached hydrogens (tertiary/aromatic N) is 1. The van der Waals surface area contributed by atoms with Gasteiger partial charge in [0, 0.05) is 19.7 Å². The van der Waals surface area contributed by atoms with Crippen molar-refractivity contribution >= 4 is 5.96 Å². The van der Waals surface area contributed by atoms with Crippen molar-refractivity contribution in [2.75, 3.05) is 27.8 Å². The Hall–Kier alpha value is -2.89. The summed E-state index contributed by atoms with van der Waals surface area (Å²) in [5, 5.41) is 6.55. The molecule has 2 N–H and O–H groups in total. The molecule has 0 aliphatic rings. The van der Waals surface area contributed by atoms with Crippen LogP contribution in [0.1, 0.15) is 12.5 Å². The molecule has 6 nitrogen and oxygen atoms in total. The molecule has 0 bridgehead atoms. The summed E-state index contributed by atoms with van der Waals surface area (Å²) in [7, 11) is 5.05. The molecule has 0 saturated heterocycles. The lowest BCUT2D eigenvalue weighted by Gasteiger charge is -2.18. The van der Waals surface area contributed by atoms with Gasteiger partial charge in [0.2, 0.25) is 0 Å². The molecule has 0 aromatic heterocycles. The maximum Gasteiger partial charge on any atom is 0.191 e. The summed E-state index contributed by atoms with van der Waals surface area (Å²) < 4.78 is 16.3. The molecule has 1 unspecified atom stereocenters. The summed E-state index contributed by atoms with van der Waals surface area (Å²) in [6.45, 7) is 3.30. The maximum atomic E-state index is 5.90. The van der Waals surface area contributed by atoms with Gasteiger partial charge in [-0.05, 0) is 36.8 Å². The number of nitrogens with one attached hydrogen (secondary N) is 2. The molecule has 0 fully saturated rings. The molecule has 0 radical (unpaired) electrons. The molecule has 0 aliphatic carbocycles. The zero-order valence-electron chi connectivity index (χ0n) is 15.8. The summed E-state index contributed by atoms with van der Waals surface area (Å²) in [6.07, 6.45) is -0.0263. The predicted octanol–water partition coefficient (Wildman–Crippen LogP) is 2.84. The van der Waals surface area contributed by atoms with Crippen molar-refractivity contribution in [3.63, 3.8) is 0 Å². The highest BCUT2D eigenvalue weighted by Gasteiger charge is 2.07. The maximum absolute atomic E-state index is 5.90. The standard InChI is InChI=1S/C20H27N3O3/c1-15(26-19-7-5-6-18(12-19)25-4)13-22-20(21-2)23-14-16-8-10-17(24-3)11-9-16/h5-12,15H,13-14H2,1-4H3,(H2,21,22,23). The third-order valence-corrected chi connectivity index (χ3v) is 3.78. The number of aliphatic imine (C=N–C) groups is 1. The molecule has 2 aromatic rings. The summed E-state index contributed by atoms with van der Waals surface area (Å²) in [5.74, 6) is 3.13. The van der Waals surface area contributed by atoms with Crippen LogP contribution in [-0.2, 0) is 6.54 Å². The van der Waals surface area contributed by atoms with Crippen LogP contribution in [0.25, 0.3) is 0 Å². The molecule has 0 heterocycles. The van der Waals surface area contributed by atoms with Crippen molar-refractivity contribution < 1.29 is 14.2 Å². The molecule has 26 heavy (non-hydrogen) atoms. The van der Waals surface area contributed by atoms with Crippen LogP contribution in [0.5, 0.6) is 17.2 Å². The van der Waals surface area contributed by atoms with Gasteiger partial charge in [-0.25, -0.2) is 0 Å². The van der Waals surface area contributed by atoms with Gasteiger partial charge in [-0.2, -0.15) is 0 Å². The molecular formula is C20H27N3O3. The number of rotatable bonds is 8. The van der Waals surface area contributed by atoms with E-state index in [-0.39, 0.29) is 6.10 Å². The van der Waals surface area contributed by atoms with Gasteiger partial charge >= 0.3 is 0 Å². The summed E-state index contributed by atoms with van der Waals surface area (Å²) in [5.41, 5.74) is 1.15. The van der Waals surface area contributed by atoms with E-state index in [0.29, 0.717) is 13.1 Å². The topological polar surface area (TPSA) is 64.1 Å². The first-order valence-electron chi connectivity index (χ1n) is 8.52. The van der Waals surface area contributed by atoms with E-state index in [1.54, 1.807) is 21.3 Å². The van der Waals surface area contributed by atoms with Crippen LogP contribution in [0.15, 0.2) is 53.5 Å². The first-order chi connectivity index (χ1) is 12.6. The average molecular weight is 357 g/mol. The monoisotopic (exact) mass is 357 g/mol. The molecular weight excluding hydrogens is 330 g/mol. The third kappa shape index (κ3) is 6.20. The summed E-state index contributed by atoms with van der Waals surface area (Å²) >= 11 is 0. The van der Waals surface area contributed by atoms with Crippen molar-refractivity contribution in [2.45, 2.75) is 19.6 Å². The first kappa shape index (κ1) is 19.4. The van der Waals surface area contributed by atoms with Crippen LogP contribution < -0.4 is 24.8 Å². The van der Waals surface area contributed by atoms with Gasteiger partial charge in [0.25, 0.3) is 0 Å². The van der Waals surface area contributed by atoms with E-state index in [0.717, 1.165) is 28.8 Å². The second-order valence-electron chi connectivity index (χ2n) is 5.76. The average Bonchev–Trinajstić information content (AvgIpc) is 2.68. The number of hydrogen-bond donors (Lipinski definition) is 2. The summed E-state index contributed by atoms with van der Waals surface area (Å²) in [4.78, 5) is 4.24. The zero-order valence-corrected chi connectivity index (χ0v) is 15.8. The fourth-order valence-corrected chi connectivity index (χ4v) is 2.34. The Balaban J connectivity index is 1.78. The normalized spacial score (nSPS) is 12.2. The third-order valence-electron chi connectivity index (χ3n) is 3.78. The lowest BCUT2D eigenvalue weighted by atomic mass is 10.2. The molecule has 0 amide bonds. The lowest BCUT2D eigenvalue weighted by molar-refractivity contribution is 0.223. The van der Waals surface area contributed by atoms with Crippen molar-refractivity contribution in [2.24, 2.45) is 4.99 Å². The Morgan fingerprint density at radius 3 is 2.31 bits per heavy atom. The van der Waals surface area contributed by atoms with Crippen LogP contribution in [-0.4, -0.2) is 39.9 Å². The fourth-order valence-electron chi connectivity index (χ4n) is 2.34. The fraction of sp³-hybridized carbons (Fsp3) is 0.350. The largest absolute Gasteiger partial charge is 0.497 e. The molecule has 2 rings (SSSR count). The molecule has 1 atom stereocenters. The SMILES string of the molecule is CN=C(NCc1ccc(OC)cc1)NCC(C)Oc1cccc(OC)c1. The minimum Gasteiger partial charge on any atom is -0.497 e. The van der Waals surface area contributed by atoms with Crippen molar-refractivity contribution in [3.8, 4) is 17.2 Å². The van der Waals surface area contributed by atoms with E-state index in [1.165, 1.54) is 0 Å². The molecule has 6 heteroatoms. The van der Waals surface area contributed by atoms with Crippen LogP contribution in [0, 0.1) is 0 Å². The van der Waals surface area contributed by atoms with Gasteiger partial charge in [0.15, 0.2) is 5.96 Å². The van der Waals surface area contributed by atoms with Gasteiger partial charge < -0.3 is 24.8 Å². The van der Waals surface area contributed by atoms with E-state index in [9.17, 15) is 0 Å². The molecule has 0 aliphatic heterocycles. The smallest absolute Gasteiger partial charge is 0.191 e. The van der Waals surface area contributed by atoms with Crippen LogP contribution in [0.2, 0.25) is 0 Å². The minimum atomic E-state index is -0.0263. The van der Waals surface area contributed by atoms with Gasteiger partial charge in [0.05, 0.1) is 20.8 Å². The Bertz CT molecular complexity index is 702. The highest BCUT2D eigenvalue weighted by molar-refractivity contribution is 5.79. The van der Waals surface area contributed by atoms with Gasteiger partial charge in [-0.3, -0.25) is 4.99 Å². The second kappa shape index (κ2) is 10.2. The Morgan fingerprint density at radius 1 is 0.962 bits per heavy atom. The van der Waals surface area contributed by atoms with Crippen LogP contribution >= 0.6 is 0 Å². The summed E-state index contributed by atoms with van der Waals surface area (Å²) in [6, 6.07) is 15.5. The number of ether oxygens (including phenoxy) is 3. The van der Waals surface area contributed by atoms with Crippen molar-refractivity contribution in [1.82, 2.24) is 10.6 Å². The van der Waals surface area contributed by atoms with Crippen molar-refractivity contribution in [1.29, 1.82) is 0 Å². The minimum absolute atomic E-state index is 0.0263. The van der Waals surface area contributed by atoms with Crippen LogP contribution in [0.3, 0.4) is 0 Å². The quantitative estimate of drug-likeness (QED) is 0.562. The molecule has 2 aromatic carbocycles. The molecule has 0 spiro atoms. The lowest BCUT2D eigenvalue weighted by Crippen LogP contribution is -2.41. The highest BCUT2D eigenvalue weighted by Crippen LogP contribution is 2.19. The van der Waals surface area contributed by atoms with Crippen molar-refractivity contribution in [3.05, 3.63) is 54.1 Å². The van der Waals surface area contributed by atoms with Gasteiger partial charge in [-0.1, -0.05) is 18.2 Å². The number of hydrogen-bond acceptors (Lipinski definition) is 4. The Labute approximate surface area is 155 Å². The molecule has 0 saturated carbocycles. The van der Waals surface area contributed by atoms with E-state index < -0.39 is 0 Å². The molecule has 140 valence electrons. The number of methoxy groups -OCH3 is 2. The van der Waals surface area contributed by atoms with Gasteiger partial charge in [-0.15, -0.1) is 0 Å². The van der Waals surface area contributed by atoms with Crippen LogP contribution in [0.4, 0.5) is 0 Å².